The minimum Gasteiger partial charge on any atom is -0.368 e. The topological polar surface area (TPSA) is 77.6 Å². The summed E-state index contributed by atoms with van der Waals surface area (Å²) in [6, 6.07) is 8.07. The number of halogens is 1. The van der Waals surface area contributed by atoms with E-state index in [1.807, 2.05) is 18.3 Å². The molecule has 2 N–H and O–H groups in total. The lowest BCUT2D eigenvalue weighted by Gasteiger charge is -2.11. The molecule has 4 aromatic rings. The van der Waals surface area contributed by atoms with E-state index in [2.05, 4.69) is 39.0 Å². The van der Waals surface area contributed by atoms with Crippen molar-refractivity contribution in [2.24, 2.45) is 0 Å². The molecule has 118 valence electrons. The van der Waals surface area contributed by atoms with Gasteiger partial charge in [-0.25, -0.2) is 15.0 Å². The van der Waals surface area contributed by atoms with Crippen LogP contribution in [-0.2, 0) is 6.42 Å². The third kappa shape index (κ3) is 2.53. The van der Waals surface area contributed by atoms with E-state index in [9.17, 15) is 0 Å². The van der Waals surface area contributed by atoms with E-state index in [1.54, 1.807) is 12.4 Å². The normalized spacial score (nSPS) is 11.2. The van der Waals surface area contributed by atoms with Crippen LogP contribution in [0.4, 0.5) is 5.95 Å². The summed E-state index contributed by atoms with van der Waals surface area (Å²) in [6.07, 6.45) is 6.08. The zero-order chi connectivity index (χ0) is 16.7. The molecule has 0 radical (unpaired) electrons. The first-order chi connectivity index (χ1) is 11.6. The van der Waals surface area contributed by atoms with Crippen LogP contribution in [0.1, 0.15) is 16.7 Å². The average Bonchev–Trinajstić information content (AvgIpc) is 2.58. The molecule has 4 rings (SSSR count). The molecule has 0 unspecified atom stereocenters. The Morgan fingerprint density at radius 2 is 1.96 bits per heavy atom. The van der Waals surface area contributed by atoms with Gasteiger partial charge in [0.05, 0.1) is 5.52 Å². The number of nitrogen functional groups attached to an aromatic ring is 1. The summed E-state index contributed by atoms with van der Waals surface area (Å²) in [5, 5.41) is 2.43. The van der Waals surface area contributed by atoms with Crippen molar-refractivity contribution in [3.63, 3.8) is 0 Å². The fourth-order valence-corrected chi connectivity index (χ4v) is 3.10. The van der Waals surface area contributed by atoms with Gasteiger partial charge < -0.3 is 5.73 Å². The number of anilines is 1. The molecule has 0 atom stereocenters. The van der Waals surface area contributed by atoms with Crippen LogP contribution in [0.25, 0.3) is 21.8 Å². The number of rotatable bonds is 2. The van der Waals surface area contributed by atoms with Crippen LogP contribution >= 0.6 is 11.6 Å². The van der Waals surface area contributed by atoms with Crippen molar-refractivity contribution in [2.45, 2.75) is 13.3 Å². The van der Waals surface area contributed by atoms with E-state index < -0.39 is 0 Å². The number of fused-ring (bicyclic) bond motifs is 2. The van der Waals surface area contributed by atoms with Gasteiger partial charge in [-0.2, -0.15) is 0 Å². The first kappa shape index (κ1) is 14.8. The maximum Gasteiger partial charge on any atom is 0.220 e. The highest BCUT2D eigenvalue weighted by atomic mass is 35.5. The predicted octanol–water partition coefficient (Wildman–Crippen LogP) is 3.71. The fraction of sp³-hybridized carbons (Fsp3) is 0.111. The van der Waals surface area contributed by atoms with Gasteiger partial charge in [0.1, 0.15) is 5.52 Å². The van der Waals surface area contributed by atoms with Gasteiger partial charge in [0.2, 0.25) is 5.95 Å². The van der Waals surface area contributed by atoms with E-state index >= 15 is 0 Å². The van der Waals surface area contributed by atoms with Crippen LogP contribution in [0, 0.1) is 6.92 Å². The van der Waals surface area contributed by atoms with Gasteiger partial charge in [0, 0.05) is 29.4 Å². The van der Waals surface area contributed by atoms with Crippen molar-refractivity contribution < 1.29 is 0 Å². The first-order valence-corrected chi connectivity index (χ1v) is 7.89. The third-order valence-corrected chi connectivity index (χ3v) is 4.39. The SMILES string of the molecule is Cc1cnc2c(Cl)nccc2c1Cc1ccc2nc(N)ncc2c1. The summed E-state index contributed by atoms with van der Waals surface area (Å²) in [4.78, 5) is 16.8. The van der Waals surface area contributed by atoms with Crippen LogP contribution in [0.15, 0.2) is 42.9 Å². The number of aromatic nitrogens is 4. The number of hydrogen-bond acceptors (Lipinski definition) is 5. The molecular formula is C18H14ClN5. The lowest BCUT2D eigenvalue weighted by atomic mass is 9.97. The highest BCUT2D eigenvalue weighted by molar-refractivity contribution is 6.33. The van der Waals surface area contributed by atoms with Crippen LogP contribution in [0.3, 0.4) is 0 Å². The zero-order valence-corrected chi connectivity index (χ0v) is 13.7. The number of aryl methyl sites for hydroxylation is 1. The molecule has 0 fully saturated rings. The highest BCUT2D eigenvalue weighted by Gasteiger charge is 2.10. The molecule has 0 aliphatic heterocycles. The molecule has 3 aromatic heterocycles. The lowest BCUT2D eigenvalue weighted by molar-refractivity contribution is 1.15. The summed E-state index contributed by atoms with van der Waals surface area (Å²) in [7, 11) is 0. The molecule has 1 aromatic carbocycles. The minimum atomic E-state index is 0.286. The number of nitrogens with zero attached hydrogens (tertiary/aromatic N) is 4. The number of benzene rings is 1. The smallest absolute Gasteiger partial charge is 0.220 e. The summed E-state index contributed by atoms with van der Waals surface area (Å²) < 4.78 is 0. The second-order valence-corrected chi connectivity index (χ2v) is 6.07. The number of pyridine rings is 2. The van der Waals surface area contributed by atoms with Crippen molar-refractivity contribution in [1.82, 2.24) is 19.9 Å². The monoisotopic (exact) mass is 335 g/mol. The van der Waals surface area contributed by atoms with Crippen molar-refractivity contribution in [3.05, 3.63) is 64.7 Å². The van der Waals surface area contributed by atoms with Crippen molar-refractivity contribution >= 4 is 39.4 Å². The maximum absolute atomic E-state index is 6.18. The van der Waals surface area contributed by atoms with Gasteiger partial charge in [-0.05, 0) is 48.2 Å². The van der Waals surface area contributed by atoms with Gasteiger partial charge >= 0.3 is 0 Å². The Balaban J connectivity index is 1.83. The Kier molecular flexibility index (Phi) is 3.50. The molecule has 0 saturated heterocycles. The van der Waals surface area contributed by atoms with Crippen molar-refractivity contribution in [2.75, 3.05) is 5.73 Å². The maximum atomic E-state index is 6.18. The molecule has 6 heteroatoms. The molecule has 0 aliphatic rings. The van der Waals surface area contributed by atoms with Crippen LogP contribution in [-0.4, -0.2) is 19.9 Å². The molecule has 5 nitrogen and oxygen atoms in total. The average molecular weight is 336 g/mol. The van der Waals surface area contributed by atoms with E-state index in [4.69, 9.17) is 17.3 Å². The van der Waals surface area contributed by atoms with Gasteiger partial charge in [0.15, 0.2) is 5.15 Å². The highest BCUT2D eigenvalue weighted by Crippen LogP contribution is 2.27. The molecule has 3 heterocycles. The molecule has 24 heavy (non-hydrogen) atoms. The standard InChI is InChI=1S/C18H14ClN5/c1-10-8-22-16-13(4-5-21-17(16)19)14(10)7-11-2-3-15-12(6-11)9-23-18(20)24-15/h2-6,8-9H,7H2,1H3,(H2,20,23,24). The largest absolute Gasteiger partial charge is 0.368 e. The molecule has 0 aliphatic carbocycles. The van der Waals surface area contributed by atoms with Gasteiger partial charge in [-0.3, -0.25) is 4.98 Å². The van der Waals surface area contributed by atoms with E-state index in [0.29, 0.717) is 5.15 Å². The first-order valence-electron chi connectivity index (χ1n) is 7.51. The summed E-state index contributed by atoms with van der Waals surface area (Å²) in [6.45, 7) is 2.06. The summed E-state index contributed by atoms with van der Waals surface area (Å²) >= 11 is 6.18. The predicted molar refractivity (Wildman–Crippen MR) is 96.0 cm³/mol. The van der Waals surface area contributed by atoms with E-state index in [1.165, 1.54) is 11.1 Å². The van der Waals surface area contributed by atoms with Gasteiger partial charge in [-0.15, -0.1) is 0 Å². The lowest BCUT2D eigenvalue weighted by Crippen LogP contribution is -1.98. The Morgan fingerprint density at radius 1 is 1.08 bits per heavy atom. The van der Waals surface area contributed by atoms with E-state index in [0.717, 1.165) is 33.8 Å². The molecule has 0 saturated carbocycles. The Hall–Kier alpha value is -2.79. The molecule has 0 spiro atoms. The zero-order valence-electron chi connectivity index (χ0n) is 13.0. The molecular weight excluding hydrogens is 322 g/mol. The van der Waals surface area contributed by atoms with E-state index in [-0.39, 0.29) is 5.95 Å². The Morgan fingerprint density at radius 3 is 2.83 bits per heavy atom. The molecule has 0 amide bonds. The fourth-order valence-electron chi connectivity index (χ4n) is 2.89. The summed E-state index contributed by atoms with van der Waals surface area (Å²) in [5.74, 6) is 0.286. The number of hydrogen-bond donors (Lipinski definition) is 1. The second kappa shape index (κ2) is 5.69. The minimum absolute atomic E-state index is 0.286. The Labute approximate surface area is 143 Å². The molecule has 0 bridgehead atoms. The van der Waals surface area contributed by atoms with Gasteiger partial charge in [-0.1, -0.05) is 17.7 Å². The summed E-state index contributed by atoms with van der Waals surface area (Å²) in [5.41, 5.74) is 10.7. The van der Waals surface area contributed by atoms with Crippen molar-refractivity contribution in [1.29, 1.82) is 0 Å². The number of nitrogens with two attached hydrogens (primary N) is 1. The Bertz CT molecular complexity index is 1080. The van der Waals surface area contributed by atoms with Crippen LogP contribution in [0.5, 0.6) is 0 Å². The van der Waals surface area contributed by atoms with Crippen LogP contribution in [0.2, 0.25) is 5.15 Å². The van der Waals surface area contributed by atoms with Crippen LogP contribution < -0.4 is 5.73 Å². The van der Waals surface area contributed by atoms with Crippen molar-refractivity contribution in [3.8, 4) is 0 Å². The van der Waals surface area contributed by atoms with Gasteiger partial charge in [0.25, 0.3) is 0 Å². The third-order valence-electron chi connectivity index (χ3n) is 4.11. The second-order valence-electron chi connectivity index (χ2n) is 5.72. The quantitative estimate of drug-likeness (QED) is 0.565.